The molecule has 242 valence electrons. The van der Waals surface area contributed by atoms with Gasteiger partial charge in [0.05, 0.1) is 11.8 Å². The normalized spacial score (nSPS) is 15.7. The van der Waals surface area contributed by atoms with E-state index in [1.807, 2.05) is 45.2 Å². The van der Waals surface area contributed by atoms with Crippen LogP contribution in [0.25, 0.3) is 22.2 Å². The van der Waals surface area contributed by atoms with Crippen molar-refractivity contribution in [3.8, 4) is 16.9 Å². The maximum Gasteiger partial charge on any atom is 0.573 e. The van der Waals surface area contributed by atoms with Crippen LogP contribution in [0.15, 0.2) is 55.0 Å². The van der Waals surface area contributed by atoms with E-state index in [1.54, 1.807) is 15.9 Å². The van der Waals surface area contributed by atoms with Crippen molar-refractivity contribution in [1.29, 1.82) is 0 Å². The molecule has 2 aromatic heterocycles. The van der Waals surface area contributed by atoms with Crippen molar-refractivity contribution in [2.24, 2.45) is 0 Å². The molecule has 46 heavy (non-hydrogen) atoms. The Morgan fingerprint density at radius 1 is 1.02 bits per heavy atom. The number of halogens is 3. The fourth-order valence-corrected chi connectivity index (χ4v) is 6.21. The number of aromatic nitrogens is 3. The molecule has 2 aromatic carbocycles. The van der Waals surface area contributed by atoms with E-state index in [1.165, 1.54) is 24.5 Å². The largest absolute Gasteiger partial charge is 0.573 e. The number of likely N-dealkylation sites (tertiary alicyclic amines) is 1. The Bertz CT molecular complexity index is 1790. The molecule has 0 radical (unpaired) electrons. The van der Waals surface area contributed by atoms with Gasteiger partial charge in [-0.05, 0) is 81.0 Å². The number of rotatable bonds is 5. The zero-order chi connectivity index (χ0) is 32.8. The summed E-state index contributed by atoms with van der Waals surface area (Å²) in [7, 11) is 0. The Labute approximate surface area is 263 Å². The highest BCUT2D eigenvalue weighted by Gasteiger charge is 2.32. The highest BCUT2D eigenvalue weighted by Crippen LogP contribution is 2.39. The van der Waals surface area contributed by atoms with Crippen molar-refractivity contribution < 1.29 is 32.2 Å². The van der Waals surface area contributed by atoms with Gasteiger partial charge in [0.15, 0.2) is 0 Å². The molecule has 0 saturated carbocycles. The molecule has 0 atom stereocenters. The van der Waals surface area contributed by atoms with Crippen LogP contribution in [0.3, 0.4) is 0 Å². The second kappa shape index (κ2) is 11.8. The van der Waals surface area contributed by atoms with Gasteiger partial charge in [-0.2, -0.15) is 0 Å². The van der Waals surface area contributed by atoms with Gasteiger partial charge in [-0.3, -0.25) is 4.79 Å². The number of hydrogen-bond donors (Lipinski definition) is 1. The maximum atomic E-state index is 13.3. The Balaban J connectivity index is 1.22. The van der Waals surface area contributed by atoms with Crippen molar-refractivity contribution in [3.63, 3.8) is 0 Å². The molecule has 0 aliphatic carbocycles. The van der Waals surface area contributed by atoms with Gasteiger partial charge in [-0.15, -0.1) is 13.2 Å². The molecule has 13 heteroatoms. The van der Waals surface area contributed by atoms with E-state index in [0.29, 0.717) is 43.1 Å². The van der Waals surface area contributed by atoms with Gasteiger partial charge in [-0.25, -0.2) is 14.8 Å². The summed E-state index contributed by atoms with van der Waals surface area (Å²) in [6, 6.07) is 11.4. The average Bonchev–Trinajstić information content (AvgIpc) is 3.58. The SMILES string of the molecule is CC(C)(C)OC(=O)N1CCC(n2cc(-c3ccc4c(c3)CCN4C(=O)Cc3cccc(OC(F)(F)F)c3)c3c(N)ncnc32)CC1. The number of hydrogen-bond acceptors (Lipinski definition) is 7. The van der Waals surface area contributed by atoms with Crippen LogP contribution in [0.5, 0.6) is 5.75 Å². The quantitative estimate of drug-likeness (QED) is 0.274. The number of nitrogen functional groups attached to an aromatic ring is 1. The van der Waals surface area contributed by atoms with Gasteiger partial charge >= 0.3 is 12.5 Å². The van der Waals surface area contributed by atoms with Crippen LogP contribution in [-0.4, -0.2) is 63.0 Å². The summed E-state index contributed by atoms with van der Waals surface area (Å²) in [5, 5.41) is 0.740. The fourth-order valence-electron chi connectivity index (χ4n) is 6.21. The van der Waals surface area contributed by atoms with Crippen LogP contribution in [0.2, 0.25) is 0 Å². The van der Waals surface area contributed by atoms with Crippen LogP contribution >= 0.6 is 0 Å². The minimum Gasteiger partial charge on any atom is -0.444 e. The molecule has 2 aliphatic rings. The fraction of sp³-hybridized carbons (Fsp3) is 0.394. The number of piperidine rings is 1. The summed E-state index contributed by atoms with van der Waals surface area (Å²) in [5.41, 5.74) is 10.5. The first-order valence-corrected chi connectivity index (χ1v) is 15.1. The van der Waals surface area contributed by atoms with Crippen LogP contribution in [0.1, 0.15) is 50.8 Å². The van der Waals surface area contributed by atoms with Gasteiger partial charge in [0.2, 0.25) is 5.91 Å². The minimum absolute atomic E-state index is 0.0651. The van der Waals surface area contributed by atoms with E-state index in [-0.39, 0.29) is 30.2 Å². The van der Waals surface area contributed by atoms with Gasteiger partial charge in [0, 0.05) is 43.1 Å². The number of fused-ring (bicyclic) bond motifs is 2. The molecule has 10 nitrogen and oxygen atoms in total. The second-order valence-corrected chi connectivity index (χ2v) is 12.6. The number of amides is 2. The number of nitrogens with zero attached hydrogens (tertiary/aromatic N) is 5. The lowest BCUT2D eigenvalue weighted by Gasteiger charge is -2.34. The molecule has 2 amide bonds. The third-order valence-corrected chi connectivity index (χ3v) is 8.22. The van der Waals surface area contributed by atoms with Crippen molar-refractivity contribution in [2.45, 2.75) is 64.5 Å². The maximum absolute atomic E-state index is 13.3. The molecular weight excluding hydrogens is 601 g/mol. The van der Waals surface area contributed by atoms with Crippen molar-refractivity contribution >= 4 is 34.5 Å². The number of nitrogens with two attached hydrogens (primary N) is 1. The van der Waals surface area contributed by atoms with Gasteiger partial charge in [-0.1, -0.05) is 18.2 Å². The lowest BCUT2D eigenvalue weighted by Crippen LogP contribution is -2.42. The lowest BCUT2D eigenvalue weighted by molar-refractivity contribution is -0.274. The molecule has 1 saturated heterocycles. The molecule has 4 heterocycles. The summed E-state index contributed by atoms with van der Waals surface area (Å²) in [6.45, 7) is 7.12. The van der Waals surface area contributed by atoms with Crippen LogP contribution in [0.4, 0.5) is 29.5 Å². The molecule has 0 unspecified atom stereocenters. The van der Waals surface area contributed by atoms with Gasteiger partial charge < -0.3 is 29.6 Å². The predicted octanol–water partition coefficient (Wildman–Crippen LogP) is 6.28. The zero-order valence-electron chi connectivity index (χ0n) is 25.8. The molecular formula is C33H35F3N6O4. The van der Waals surface area contributed by atoms with Crippen LogP contribution in [-0.2, 0) is 22.4 Å². The lowest BCUT2D eigenvalue weighted by atomic mass is 10.0. The summed E-state index contributed by atoms with van der Waals surface area (Å²) in [4.78, 5) is 38.1. The third-order valence-electron chi connectivity index (χ3n) is 8.22. The first kappa shape index (κ1) is 31.2. The van der Waals surface area contributed by atoms with Crippen LogP contribution in [0, 0.1) is 0 Å². The minimum atomic E-state index is -4.81. The number of anilines is 2. The van der Waals surface area contributed by atoms with E-state index in [4.69, 9.17) is 10.5 Å². The monoisotopic (exact) mass is 636 g/mol. The Kier molecular flexibility index (Phi) is 8.03. The second-order valence-electron chi connectivity index (χ2n) is 12.6. The van der Waals surface area contributed by atoms with Crippen molar-refractivity contribution in [3.05, 3.63) is 66.1 Å². The highest BCUT2D eigenvalue weighted by atomic mass is 19.4. The topological polar surface area (TPSA) is 116 Å². The number of carbonyl (C=O) groups is 2. The van der Waals surface area contributed by atoms with Crippen molar-refractivity contribution in [2.75, 3.05) is 30.3 Å². The molecule has 4 aromatic rings. The Morgan fingerprint density at radius 3 is 2.50 bits per heavy atom. The van der Waals surface area contributed by atoms with Crippen molar-refractivity contribution in [1.82, 2.24) is 19.4 Å². The molecule has 1 fully saturated rings. The summed E-state index contributed by atoms with van der Waals surface area (Å²) < 4.78 is 49.7. The predicted molar refractivity (Wildman–Crippen MR) is 166 cm³/mol. The Morgan fingerprint density at radius 2 is 1.78 bits per heavy atom. The molecule has 0 spiro atoms. The molecule has 2 N–H and O–H groups in total. The molecule has 6 rings (SSSR count). The van der Waals surface area contributed by atoms with Crippen LogP contribution < -0.4 is 15.4 Å². The van der Waals surface area contributed by atoms with E-state index in [0.717, 1.165) is 40.6 Å². The van der Waals surface area contributed by atoms with E-state index < -0.39 is 12.0 Å². The van der Waals surface area contributed by atoms with Gasteiger partial charge in [0.1, 0.15) is 29.1 Å². The Hall–Kier alpha value is -4.81. The summed E-state index contributed by atoms with van der Waals surface area (Å²) in [6.07, 6.45) is 0.369. The average molecular weight is 637 g/mol. The smallest absolute Gasteiger partial charge is 0.444 e. The third kappa shape index (κ3) is 6.58. The number of carbonyl (C=O) groups excluding carboxylic acids is 2. The number of alkyl halides is 3. The van der Waals surface area contributed by atoms with Gasteiger partial charge in [0.25, 0.3) is 0 Å². The van der Waals surface area contributed by atoms with E-state index in [9.17, 15) is 22.8 Å². The number of benzene rings is 2. The van der Waals surface area contributed by atoms with E-state index in [2.05, 4.69) is 19.3 Å². The molecule has 2 aliphatic heterocycles. The first-order chi connectivity index (χ1) is 21.8. The standard InChI is InChI=1S/C33H35F3N6O4/c1-32(2,3)46-31(44)40-12-10-23(11-13-40)42-18-25(28-29(37)38-19-39-30(28)42)21-7-8-26-22(17-21)9-14-41(26)27(43)16-20-5-4-6-24(15-20)45-33(34,35)36/h4-8,15,17-19,23H,9-14,16H2,1-3H3,(H2,37,38,39). The highest BCUT2D eigenvalue weighted by molar-refractivity contribution is 6.02. The van der Waals surface area contributed by atoms with E-state index >= 15 is 0 Å². The summed E-state index contributed by atoms with van der Waals surface area (Å²) >= 11 is 0. The number of ether oxygens (including phenoxy) is 2. The zero-order valence-corrected chi connectivity index (χ0v) is 25.8. The molecule has 0 bridgehead atoms. The first-order valence-electron chi connectivity index (χ1n) is 15.1. The summed E-state index contributed by atoms with van der Waals surface area (Å²) in [5.74, 6) is -0.220.